The van der Waals surface area contributed by atoms with Crippen LogP contribution in [0.5, 0.6) is 0 Å². The van der Waals surface area contributed by atoms with E-state index in [0.29, 0.717) is 11.3 Å². The second-order valence-electron chi connectivity index (χ2n) is 4.27. The predicted octanol–water partition coefficient (Wildman–Crippen LogP) is 2.79. The lowest BCUT2D eigenvalue weighted by Crippen LogP contribution is -2.16. The fraction of sp³-hybridized carbons (Fsp3) is 0.0769. The van der Waals surface area contributed by atoms with Gasteiger partial charge >= 0.3 is 0 Å². The first-order chi connectivity index (χ1) is 9.90. The molecule has 2 aromatic rings. The third-order valence-corrected chi connectivity index (χ3v) is 3.10. The number of hydrogen-bond acceptors (Lipinski definition) is 5. The molecule has 0 fully saturated rings. The summed E-state index contributed by atoms with van der Waals surface area (Å²) in [6.45, 7) is 1.63. The Morgan fingerprint density at radius 2 is 2.19 bits per heavy atom. The van der Waals surface area contributed by atoms with Gasteiger partial charge in [0.1, 0.15) is 5.02 Å². The van der Waals surface area contributed by atoms with E-state index in [0.717, 1.165) is 0 Å². The van der Waals surface area contributed by atoms with Gasteiger partial charge in [0.2, 0.25) is 0 Å². The van der Waals surface area contributed by atoms with Crippen molar-refractivity contribution in [2.24, 2.45) is 0 Å². The number of nitrogens with two attached hydrogens (primary N) is 1. The summed E-state index contributed by atoms with van der Waals surface area (Å²) < 4.78 is 0. The van der Waals surface area contributed by atoms with Gasteiger partial charge in [-0.25, -0.2) is 4.98 Å². The molecule has 0 aliphatic heterocycles. The van der Waals surface area contributed by atoms with Crippen molar-refractivity contribution in [1.29, 1.82) is 0 Å². The van der Waals surface area contributed by atoms with Crippen LogP contribution in [0, 0.1) is 17.0 Å². The number of hydrogen-bond donors (Lipinski definition) is 2. The van der Waals surface area contributed by atoms with Gasteiger partial charge in [0.25, 0.3) is 11.6 Å². The van der Waals surface area contributed by atoms with E-state index in [4.69, 9.17) is 17.3 Å². The largest absolute Gasteiger partial charge is 0.397 e. The Bertz CT molecular complexity index is 733. The summed E-state index contributed by atoms with van der Waals surface area (Å²) in [7, 11) is 0. The van der Waals surface area contributed by atoms with E-state index in [1.807, 2.05) is 0 Å². The first-order valence-electron chi connectivity index (χ1n) is 5.86. The summed E-state index contributed by atoms with van der Waals surface area (Å²) in [5.41, 5.74) is 6.63. The molecule has 1 amide bonds. The SMILES string of the molecule is Cc1cc([N+](=O)[O-])c(Cl)cc1NC(=O)c1ncccc1N. The monoisotopic (exact) mass is 306 g/mol. The molecule has 0 atom stereocenters. The van der Waals surface area contributed by atoms with E-state index < -0.39 is 10.8 Å². The van der Waals surface area contributed by atoms with Crippen LogP contribution in [0.1, 0.15) is 16.1 Å². The fourth-order valence-electron chi connectivity index (χ4n) is 1.73. The number of benzene rings is 1. The number of nitro groups is 1. The van der Waals surface area contributed by atoms with E-state index in [9.17, 15) is 14.9 Å². The number of carbonyl (C=O) groups is 1. The highest BCUT2D eigenvalue weighted by Gasteiger charge is 2.17. The highest BCUT2D eigenvalue weighted by atomic mass is 35.5. The van der Waals surface area contributed by atoms with E-state index in [1.165, 1.54) is 18.3 Å². The number of aromatic nitrogens is 1. The van der Waals surface area contributed by atoms with Crippen LogP contribution in [-0.4, -0.2) is 15.8 Å². The average molecular weight is 307 g/mol. The number of nitrogens with zero attached hydrogens (tertiary/aromatic N) is 2. The van der Waals surface area contributed by atoms with Gasteiger partial charge in [0.15, 0.2) is 5.69 Å². The highest BCUT2D eigenvalue weighted by Crippen LogP contribution is 2.30. The number of amides is 1. The van der Waals surface area contributed by atoms with Crippen LogP contribution in [0.25, 0.3) is 0 Å². The number of aryl methyl sites for hydroxylation is 1. The van der Waals surface area contributed by atoms with Crippen LogP contribution in [-0.2, 0) is 0 Å². The standard InChI is InChI=1S/C13H11ClN4O3/c1-7-5-11(18(20)21)8(14)6-10(7)17-13(19)12-9(15)3-2-4-16-12/h2-6H,15H2,1H3,(H,17,19). The van der Waals surface area contributed by atoms with Gasteiger partial charge in [0.05, 0.1) is 10.6 Å². The molecule has 0 aliphatic carbocycles. The number of pyridine rings is 1. The minimum atomic E-state index is -0.586. The number of anilines is 2. The van der Waals surface area contributed by atoms with Crippen LogP contribution < -0.4 is 11.1 Å². The van der Waals surface area contributed by atoms with E-state index in [1.54, 1.807) is 19.1 Å². The molecule has 1 heterocycles. The molecule has 0 aliphatic rings. The summed E-state index contributed by atoms with van der Waals surface area (Å²) in [4.78, 5) is 26.2. The first kappa shape index (κ1) is 14.7. The van der Waals surface area contributed by atoms with Gasteiger partial charge in [-0.1, -0.05) is 11.6 Å². The third kappa shape index (κ3) is 3.09. The van der Waals surface area contributed by atoms with E-state index >= 15 is 0 Å². The van der Waals surface area contributed by atoms with E-state index in [-0.39, 0.29) is 22.1 Å². The number of halogens is 1. The maximum absolute atomic E-state index is 12.1. The zero-order chi connectivity index (χ0) is 15.6. The summed E-state index contributed by atoms with van der Waals surface area (Å²) in [6.07, 6.45) is 1.45. The summed E-state index contributed by atoms with van der Waals surface area (Å²) in [6, 6.07) is 5.78. The molecule has 1 aromatic heterocycles. The van der Waals surface area contributed by atoms with Crippen molar-refractivity contribution >= 4 is 34.6 Å². The summed E-state index contributed by atoms with van der Waals surface area (Å²) in [5, 5.41) is 13.3. The summed E-state index contributed by atoms with van der Waals surface area (Å²) in [5.74, 6) is -0.513. The average Bonchev–Trinajstić information content (AvgIpc) is 2.42. The Hall–Kier alpha value is -2.67. The van der Waals surface area contributed by atoms with Gasteiger partial charge < -0.3 is 11.1 Å². The van der Waals surface area contributed by atoms with Gasteiger partial charge in [0, 0.05) is 18.0 Å². The topological polar surface area (TPSA) is 111 Å². The number of nitrogens with one attached hydrogen (secondary N) is 1. The van der Waals surface area contributed by atoms with Crippen LogP contribution in [0.3, 0.4) is 0 Å². The minimum Gasteiger partial charge on any atom is -0.397 e. The molecule has 0 saturated heterocycles. The van der Waals surface area contributed by atoms with Crippen molar-refractivity contribution in [1.82, 2.24) is 4.98 Å². The van der Waals surface area contributed by atoms with Gasteiger partial charge in [-0.05, 0) is 30.7 Å². The quantitative estimate of drug-likeness (QED) is 0.669. The predicted molar refractivity (Wildman–Crippen MR) is 79.4 cm³/mol. The maximum Gasteiger partial charge on any atom is 0.288 e. The number of nitro benzene ring substituents is 1. The zero-order valence-corrected chi connectivity index (χ0v) is 11.7. The van der Waals surface area contributed by atoms with Crippen molar-refractivity contribution in [3.8, 4) is 0 Å². The van der Waals surface area contributed by atoms with Crippen LogP contribution in [0.15, 0.2) is 30.5 Å². The molecule has 8 heteroatoms. The zero-order valence-electron chi connectivity index (χ0n) is 11.0. The summed E-state index contributed by atoms with van der Waals surface area (Å²) >= 11 is 5.82. The number of rotatable bonds is 3. The van der Waals surface area contributed by atoms with Gasteiger partial charge in [-0.2, -0.15) is 0 Å². The molecule has 0 saturated carbocycles. The molecule has 0 unspecified atom stereocenters. The molecule has 1 aromatic carbocycles. The Labute approximate surface area is 124 Å². The van der Waals surface area contributed by atoms with Crippen LogP contribution in [0.2, 0.25) is 5.02 Å². The van der Waals surface area contributed by atoms with Crippen LogP contribution in [0.4, 0.5) is 17.1 Å². The third-order valence-electron chi connectivity index (χ3n) is 2.79. The van der Waals surface area contributed by atoms with Gasteiger partial charge in [-0.3, -0.25) is 14.9 Å². The Morgan fingerprint density at radius 3 is 2.81 bits per heavy atom. The maximum atomic E-state index is 12.1. The molecular formula is C13H11ClN4O3. The first-order valence-corrected chi connectivity index (χ1v) is 6.24. The van der Waals surface area contributed by atoms with Crippen molar-refractivity contribution < 1.29 is 9.72 Å². The smallest absolute Gasteiger partial charge is 0.288 e. The number of nitrogen functional groups attached to an aromatic ring is 1. The molecule has 3 N–H and O–H groups in total. The van der Waals surface area contributed by atoms with Crippen LogP contribution >= 0.6 is 11.6 Å². The van der Waals surface area contributed by atoms with Crippen molar-refractivity contribution in [3.63, 3.8) is 0 Å². The fourth-order valence-corrected chi connectivity index (χ4v) is 1.96. The lowest BCUT2D eigenvalue weighted by molar-refractivity contribution is -0.384. The van der Waals surface area contributed by atoms with Crippen molar-refractivity contribution in [3.05, 3.63) is 56.9 Å². The minimum absolute atomic E-state index is 0.0603. The molecule has 7 nitrogen and oxygen atoms in total. The molecular weight excluding hydrogens is 296 g/mol. The number of carbonyl (C=O) groups excluding carboxylic acids is 1. The van der Waals surface area contributed by atoms with Crippen molar-refractivity contribution in [2.75, 3.05) is 11.1 Å². The molecule has 0 radical (unpaired) electrons. The Morgan fingerprint density at radius 1 is 1.48 bits per heavy atom. The lowest BCUT2D eigenvalue weighted by atomic mass is 10.1. The molecule has 0 bridgehead atoms. The normalized spacial score (nSPS) is 10.2. The second-order valence-corrected chi connectivity index (χ2v) is 4.68. The highest BCUT2D eigenvalue weighted by molar-refractivity contribution is 6.33. The van der Waals surface area contributed by atoms with Gasteiger partial charge in [-0.15, -0.1) is 0 Å². The Balaban J connectivity index is 2.32. The lowest BCUT2D eigenvalue weighted by Gasteiger charge is -2.09. The molecule has 108 valence electrons. The molecule has 0 spiro atoms. The Kier molecular flexibility index (Phi) is 4.04. The molecule has 21 heavy (non-hydrogen) atoms. The van der Waals surface area contributed by atoms with E-state index in [2.05, 4.69) is 10.3 Å². The second kappa shape index (κ2) is 5.76. The molecule has 2 rings (SSSR count). The van der Waals surface area contributed by atoms with Crippen molar-refractivity contribution in [2.45, 2.75) is 6.92 Å².